The minimum Gasteiger partial charge on any atom is -0.493 e. The number of likely N-dealkylation sites (tertiary alicyclic amines) is 1. The summed E-state index contributed by atoms with van der Waals surface area (Å²) in [5.41, 5.74) is 1.54. The van der Waals surface area contributed by atoms with Gasteiger partial charge in [0.25, 0.3) is 11.5 Å². The number of aromatic nitrogens is 1. The van der Waals surface area contributed by atoms with Gasteiger partial charge >= 0.3 is 0 Å². The van der Waals surface area contributed by atoms with E-state index >= 15 is 0 Å². The lowest BCUT2D eigenvalue weighted by Gasteiger charge is -2.43. The van der Waals surface area contributed by atoms with E-state index in [1.807, 2.05) is 21.6 Å². The molecule has 0 unspecified atom stereocenters. The summed E-state index contributed by atoms with van der Waals surface area (Å²) in [6.45, 7) is 2.10. The van der Waals surface area contributed by atoms with E-state index in [1.165, 1.54) is 7.11 Å². The molecule has 0 aliphatic carbocycles. The van der Waals surface area contributed by atoms with Crippen LogP contribution in [-0.4, -0.2) is 47.8 Å². The second kappa shape index (κ2) is 7.87. The summed E-state index contributed by atoms with van der Waals surface area (Å²) >= 11 is 5.53. The molecule has 1 aromatic heterocycles. The summed E-state index contributed by atoms with van der Waals surface area (Å²) in [5, 5.41) is 3.24. The molecule has 1 amide bonds. The highest BCUT2D eigenvalue weighted by Gasteiger charge is 2.35. The molecule has 1 N–H and O–H groups in total. The molecule has 2 bridgehead atoms. The van der Waals surface area contributed by atoms with E-state index in [9.17, 15) is 9.59 Å². The second-order valence-corrected chi connectivity index (χ2v) is 7.82. The Hall–Kier alpha value is -2.87. The van der Waals surface area contributed by atoms with Gasteiger partial charge in [-0.25, -0.2) is 0 Å². The molecule has 1 aromatic carbocycles. The van der Waals surface area contributed by atoms with Gasteiger partial charge in [0.2, 0.25) is 0 Å². The molecule has 2 aliphatic rings. The third-order valence-electron chi connectivity index (χ3n) is 5.63. The van der Waals surface area contributed by atoms with Crippen molar-refractivity contribution in [2.75, 3.05) is 27.3 Å². The summed E-state index contributed by atoms with van der Waals surface area (Å²) < 4.78 is 12.4. The molecule has 8 heteroatoms. The number of amides is 1. The molecule has 1 saturated heterocycles. The van der Waals surface area contributed by atoms with Crippen LogP contribution < -0.4 is 20.3 Å². The molecular weight excluding hydrogens is 390 g/mol. The lowest BCUT2D eigenvalue weighted by atomic mass is 9.83. The number of pyridine rings is 1. The number of carbonyl (C=O) groups excluding carboxylic acids is 1. The van der Waals surface area contributed by atoms with Gasteiger partial charge in [-0.15, -0.1) is 0 Å². The topological polar surface area (TPSA) is 72.8 Å². The molecule has 2 aromatic rings. The van der Waals surface area contributed by atoms with Crippen LogP contribution in [0.3, 0.4) is 0 Å². The first-order chi connectivity index (χ1) is 14.0. The van der Waals surface area contributed by atoms with E-state index < -0.39 is 0 Å². The number of nitrogens with zero attached hydrogens (tertiary/aromatic N) is 2. The fraction of sp³-hybridized carbons (Fsp3) is 0.381. The van der Waals surface area contributed by atoms with Crippen LogP contribution in [0.5, 0.6) is 11.5 Å². The predicted molar refractivity (Wildman–Crippen MR) is 113 cm³/mol. The molecule has 7 nitrogen and oxygen atoms in total. The molecule has 0 spiro atoms. The van der Waals surface area contributed by atoms with E-state index in [0.29, 0.717) is 41.2 Å². The van der Waals surface area contributed by atoms with E-state index in [2.05, 4.69) is 5.32 Å². The molecule has 29 heavy (non-hydrogen) atoms. The first-order valence-corrected chi connectivity index (χ1v) is 9.93. The SMILES string of the molecule is COc1ccc(C(=O)NC(=S)N2C[C@@H]3C[C@H](C2)c2cccc(=O)n2C3)cc1OC. The fourth-order valence-corrected chi connectivity index (χ4v) is 4.53. The van der Waals surface area contributed by atoms with Crippen molar-refractivity contribution in [2.24, 2.45) is 5.92 Å². The monoisotopic (exact) mass is 413 g/mol. The Labute approximate surface area is 174 Å². The number of rotatable bonds is 3. The average Bonchev–Trinajstić information content (AvgIpc) is 2.73. The van der Waals surface area contributed by atoms with Gasteiger partial charge in [0.05, 0.1) is 14.2 Å². The number of benzene rings is 1. The Balaban J connectivity index is 1.47. The molecule has 152 valence electrons. The van der Waals surface area contributed by atoms with Crippen LogP contribution in [0.15, 0.2) is 41.2 Å². The van der Waals surface area contributed by atoms with E-state index in [0.717, 1.165) is 18.7 Å². The van der Waals surface area contributed by atoms with Crippen LogP contribution in [0.2, 0.25) is 0 Å². The maximum Gasteiger partial charge on any atom is 0.257 e. The lowest BCUT2D eigenvalue weighted by molar-refractivity contribution is 0.0967. The number of thiocarbonyl (C=S) groups is 1. The van der Waals surface area contributed by atoms with Gasteiger partial charge in [-0.3, -0.25) is 14.9 Å². The molecule has 1 fully saturated rings. The number of methoxy groups -OCH3 is 2. The maximum atomic E-state index is 12.7. The predicted octanol–water partition coefficient (Wildman–Crippen LogP) is 2.00. The van der Waals surface area contributed by atoms with Crippen molar-refractivity contribution >= 4 is 23.2 Å². The van der Waals surface area contributed by atoms with Crippen molar-refractivity contribution in [3.63, 3.8) is 0 Å². The Morgan fingerprint density at radius 3 is 2.66 bits per heavy atom. The van der Waals surface area contributed by atoms with Crippen molar-refractivity contribution in [2.45, 2.75) is 18.9 Å². The zero-order valence-corrected chi connectivity index (χ0v) is 17.2. The Morgan fingerprint density at radius 2 is 1.90 bits per heavy atom. The molecule has 3 heterocycles. The van der Waals surface area contributed by atoms with Crippen LogP contribution in [-0.2, 0) is 6.54 Å². The van der Waals surface area contributed by atoms with Gasteiger partial charge in [0.1, 0.15) is 0 Å². The molecule has 0 saturated carbocycles. The van der Waals surface area contributed by atoms with Crippen LogP contribution in [0, 0.1) is 5.92 Å². The van der Waals surface area contributed by atoms with Gasteiger partial charge in [-0.05, 0) is 48.8 Å². The summed E-state index contributed by atoms with van der Waals surface area (Å²) in [6.07, 6.45) is 1.03. The maximum absolute atomic E-state index is 12.7. The van der Waals surface area contributed by atoms with E-state index in [4.69, 9.17) is 21.7 Å². The molecule has 0 radical (unpaired) electrons. The second-order valence-electron chi connectivity index (χ2n) is 7.43. The lowest BCUT2D eigenvalue weighted by Crippen LogP contribution is -2.52. The zero-order chi connectivity index (χ0) is 20.5. The Morgan fingerprint density at radius 1 is 1.10 bits per heavy atom. The van der Waals surface area contributed by atoms with E-state index in [1.54, 1.807) is 31.4 Å². The molecule has 2 aliphatic heterocycles. The van der Waals surface area contributed by atoms with Gasteiger partial charge < -0.3 is 18.9 Å². The number of hydrogen-bond acceptors (Lipinski definition) is 5. The quantitative estimate of drug-likeness (QED) is 0.776. The first kappa shape index (κ1) is 19.4. The smallest absolute Gasteiger partial charge is 0.257 e. The van der Waals surface area contributed by atoms with Crippen molar-refractivity contribution in [3.05, 3.63) is 58.0 Å². The average molecular weight is 413 g/mol. The summed E-state index contributed by atoms with van der Waals surface area (Å²) in [7, 11) is 3.08. The van der Waals surface area contributed by atoms with Gasteiger partial charge in [0.15, 0.2) is 16.6 Å². The van der Waals surface area contributed by atoms with Crippen LogP contribution in [0.4, 0.5) is 0 Å². The molecular formula is C21H23N3O4S. The van der Waals surface area contributed by atoms with Crippen molar-refractivity contribution < 1.29 is 14.3 Å². The number of hydrogen-bond donors (Lipinski definition) is 1. The summed E-state index contributed by atoms with van der Waals surface area (Å²) in [6, 6.07) is 10.4. The normalized spacial score (nSPS) is 19.9. The minimum absolute atomic E-state index is 0.0509. The third-order valence-corrected chi connectivity index (χ3v) is 5.99. The highest BCUT2D eigenvalue weighted by Crippen LogP contribution is 2.35. The van der Waals surface area contributed by atoms with Gasteiger partial charge in [-0.2, -0.15) is 0 Å². The number of fused-ring (bicyclic) bond motifs is 4. The number of nitrogens with one attached hydrogen (secondary N) is 1. The number of carbonyl (C=O) groups is 1. The van der Waals surface area contributed by atoms with E-state index in [-0.39, 0.29) is 17.4 Å². The van der Waals surface area contributed by atoms with Gasteiger partial charge in [-0.1, -0.05) is 6.07 Å². The van der Waals surface area contributed by atoms with Gasteiger partial charge in [0, 0.05) is 42.9 Å². The van der Waals surface area contributed by atoms with Crippen LogP contribution >= 0.6 is 12.2 Å². The van der Waals surface area contributed by atoms with Crippen LogP contribution in [0.1, 0.15) is 28.4 Å². The highest BCUT2D eigenvalue weighted by molar-refractivity contribution is 7.80. The standard InChI is InChI=1S/C21H23N3O4S/c1-27-17-7-6-14(9-18(17)28-2)20(26)22-21(29)23-10-13-8-15(12-23)16-4-3-5-19(25)24(16)11-13/h3-7,9,13,15H,8,10-12H2,1-2H3,(H,22,26,29)/t13-,15+/m0/s1. The third kappa shape index (κ3) is 3.72. The van der Waals surface area contributed by atoms with Crippen molar-refractivity contribution in [1.29, 1.82) is 0 Å². The number of piperidine rings is 1. The summed E-state index contributed by atoms with van der Waals surface area (Å²) in [5.74, 6) is 1.32. The first-order valence-electron chi connectivity index (χ1n) is 9.52. The summed E-state index contributed by atoms with van der Waals surface area (Å²) in [4.78, 5) is 26.9. The Kier molecular flexibility index (Phi) is 5.27. The largest absolute Gasteiger partial charge is 0.493 e. The number of ether oxygens (including phenoxy) is 2. The molecule has 2 atom stereocenters. The molecule has 4 rings (SSSR count). The Bertz CT molecular complexity index is 1020. The van der Waals surface area contributed by atoms with Crippen LogP contribution in [0.25, 0.3) is 0 Å². The van der Waals surface area contributed by atoms with Crippen molar-refractivity contribution in [1.82, 2.24) is 14.8 Å². The van der Waals surface area contributed by atoms with Crippen molar-refractivity contribution in [3.8, 4) is 11.5 Å². The fourth-order valence-electron chi connectivity index (χ4n) is 4.29. The minimum atomic E-state index is -0.289. The zero-order valence-electron chi connectivity index (χ0n) is 16.4. The highest BCUT2D eigenvalue weighted by atomic mass is 32.1.